The van der Waals surface area contributed by atoms with Crippen LogP contribution in [0.2, 0.25) is 5.02 Å². The van der Waals surface area contributed by atoms with Gasteiger partial charge in [0.15, 0.2) is 0 Å². The van der Waals surface area contributed by atoms with Crippen LogP contribution in [0.3, 0.4) is 0 Å². The molecule has 2 N–H and O–H groups in total. The third-order valence-corrected chi connectivity index (χ3v) is 4.17. The highest BCUT2D eigenvalue weighted by molar-refractivity contribution is 6.33. The van der Waals surface area contributed by atoms with Gasteiger partial charge in [-0.3, -0.25) is 9.48 Å². The first kappa shape index (κ1) is 14.1. The van der Waals surface area contributed by atoms with E-state index in [9.17, 15) is 4.79 Å². The summed E-state index contributed by atoms with van der Waals surface area (Å²) in [5.41, 5.74) is 1.74. The molecule has 1 aliphatic rings. The Morgan fingerprint density at radius 1 is 1.43 bits per heavy atom. The third kappa shape index (κ3) is 2.94. The predicted molar refractivity (Wildman–Crippen MR) is 82.4 cm³/mol. The average Bonchev–Trinajstić information content (AvgIpc) is 3.09. The Bertz CT molecular complexity index is 655. The summed E-state index contributed by atoms with van der Waals surface area (Å²) in [6, 6.07) is 7.27. The van der Waals surface area contributed by atoms with Crippen LogP contribution in [-0.4, -0.2) is 28.8 Å². The lowest BCUT2D eigenvalue weighted by molar-refractivity contribution is -0.119. The minimum absolute atomic E-state index is 0.0121. The number of hydrogen-bond donors (Lipinski definition) is 2. The number of hydrogen-bond acceptors (Lipinski definition) is 3. The van der Waals surface area contributed by atoms with Crippen molar-refractivity contribution in [3.8, 4) is 0 Å². The van der Waals surface area contributed by atoms with Crippen molar-refractivity contribution in [1.82, 2.24) is 15.1 Å². The van der Waals surface area contributed by atoms with Crippen molar-refractivity contribution in [3.05, 3.63) is 47.2 Å². The SMILES string of the molecule is Cn1cc([C@H]2CNC[C@@H]2C(=O)Nc2ccccc2Cl)cn1. The number of nitrogens with zero attached hydrogens (tertiary/aromatic N) is 2. The summed E-state index contributed by atoms with van der Waals surface area (Å²) in [6.45, 7) is 1.45. The van der Waals surface area contributed by atoms with Crippen LogP contribution in [0.4, 0.5) is 5.69 Å². The fourth-order valence-electron chi connectivity index (χ4n) is 2.72. The van der Waals surface area contributed by atoms with Gasteiger partial charge in [0.2, 0.25) is 5.91 Å². The second kappa shape index (κ2) is 5.87. The highest BCUT2D eigenvalue weighted by Gasteiger charge is 2.34. The van der Waals surface area contributed by atoms with E-state index in [0.717, 1.165) is 12.1 Å². The second-order valence-corrected chi connectivity index (χ2v) is 5.69. The number of benzene rings is 1. The molecule has 3 rings (SSSR count). The van der Waals surface area contributed by atoms with Crippen LogP contribution in [0.15, 0.2) is 36.7 Å². The van der Waals surface area contributed by atoms with E-state index >= 15 is 0 Å². The Balaban J connectivity index is 1.76. The smallest absolute Gasteiger partial charge is 0.229 e. The summed E-state index contributed by atoms with van der Waals surface area (Å²) in [4.78, 5) is 12.5. The largest absolute Gasteiger partial charge is 0.324 e. The van der Waals surface area contributed by atoms with Crippen molar-refractivity contribution in [3.63, 3.8) is 0 Å². The van der Waals surface area contributed by atoms with Gasteiger partial charge in [0, 0.05) is 32.3 Å². The van der Waals surface area contributed by atoms with Gasteiger partial charge in [0.05, 0.1) is 22.8 Å². The second-order valence-electron chi connectivity index (χ2n) is 5.29. The molecule has 0 radical (unpaired) electrons. The fourth-order valence-corrected chi connectivity index (χ4v) is 2.91. The van der Waals surface area contributed by atoms with Crippen molar-refractivity contribution < 1.29 is 4.79 Å². The first-order chi connectivity index (χ1) is 10.1. The number of anilines is 1. The maximum atomic E-state index is 12.5. The van der Waals surface area contributed by atoms with Crippen molar-refractivity contribution in [1.29, 1.82) is 0 Å². The molecule has 2 heterocycles. The molecule has 6 heteroatoms. The van der Waals surface area contributed by atoms with E-state index in [1.54, 1.807) is 10.7 Å². The molecule has 1 saturated heterocycles. The van der Waals surface area contributed by atoms with Crippen molar-refractivity contribution in [2.24, 2.45) is 13.0 Å². The van der Waals surface area contributed by atoms with Crippen molar-refractivity contribution in [2.45, 2.75) is 5.92 Å². The zero-order valence-electron chi connectivity index (χ0n) is 11.7. The molecule has 2 aromatic rings. The van der Waals surface area contributed by atoms with Gasteiger partial charge in [-0.1, -0.05) is 23.7 Å². The van der Waals surface area contributed by atoms with Gasteiger partial charge < -0.3 is 10.6 Å². The number of rotatable bonds is 3. The highest BCUT2D eigenvalue weighted by atomic mass is 35.5. The Morgan fingerprint density at radius 2 is 2.24 bits per heavy atom. The van der Waals surface area contributed by atoms with Gasteiger partial charge >= 0.3 is 0 Å². The Kier molecular flexibility index (Phi) is 3.94. The molecule has 110 valence electrons. The van der Waals surface area contributed by atoms with Crippen molar-refractivity contribution in [2.75, 3.05) is 18.4 Å². The standard InChI is InChI=1S/C15H17ClN4O/c1-20-9-10(6-18-20)11-7-17-8-12(11)15(21)19-14-5-3-2-4-13(14)16/h2-6,9,11-12,17H,7-8H2,1H3,(H,19,21)/t11-,12+/m1/s1. The molecular formula is C15H17ClN4O. The molecule has 0 bridgehead atoms. The van der Waals surface area contributed by atoms with Crippen LogP contribution >= 0.6 is 11.6 Å². The Hall–Kier alpha value is -1.85. The molecule has 0 saturated carbocycles. The van der Waals surface area contributed by atoms with E-state index in [0.29, 0.717) is 17.3 Å². The number of amides is 1. The van der Waals surface area contributed by atoms with Crippen LogP contribution < -0.4 is 10.6 Å². The number of aryl methyl sites for hydroxylation is 1. The summed E-state index contributed by atoms with van der Waals surface area (Å²) in [7, 11) is 1.88. The summed E-state index contributed by atoms with van der Waals surface area (Å²) in [6.07, 6.45) is 3.79. The van der Waals surface area contributed by atoms with Crippen LogP contribution in [0.25, 0.3) is 0 Å². The first-order valence-corrected chi connectivity index (χ1v) is 7.27. The number of para-hydroxylation sites is 1. The topological polar surface area (TPSA) is 59.0 Å². The number of nitrogens with one attached hydrogen (secondary N) is 2. The van der Waals surface area contributed by atoms with E-state index in [1.165, 1.54) is 0 Å². The molecule has 0 spiro atoms. The van der Waals surface area contributed by atoms with Gasteiger partial charge in [0.1, 0.15) is 0 Å². The van der Waals surface area contributed by atoms with E-state index in [-0.39, 0.29) is 17.7 Å². The molecule has 1 aromatic heterocycles. The number of carbonyl (C=O) groups excluding carboxylic acids is 1. The van der Waals surface area contributed by atoms with Gasteiger partial charge in [-0.2, -0.15) is 5.10 Å². The first-order valence-electron chi connectivity index (χ1n) is 6.90. The Morgan fingerprint density at radius 3 is 2.95 bits per heavy atom. The minimum atomic E-state index is -0.120. The van der Waals surface area contributed by atoms with Gasteiger partial charge in [-0.15, -0.1) is 0 Å². The maximum absolute atomic E-state index is 12.5. The lowest BCUT2D eigenvalue weighted by atomic mass is 9.90. The van der Waals surface area contributed by atoms with Gasteiger partial charge in [-0.05, 0) is 17.7 Å². The van der Waals surface area contributed by atoms with Crippen molar-refractivity contribution >= 4 is 23.2 Å². The predicted octanol–water partition coefficient (Wildman–Crippen LogP) is 2.02. The number of aromatic nitrogens is 2. The number of carbonyl (C=O) groups is 1. The van der Waals surface area contributed by atoms with E-state index in [1.807, 2.05) is 37.6 Å². The summed E-state index contributed by atoms with van der Waals surface area (Å²) in [5.74, 6) is 0.00798. The molecular weight excluding hydrogens is 288 g/mol. The molecule has 5 nitrogen and oxygen atoms in total. The summed E-state index contributed by atoms with van der Waals surface area (Å²) in [5, 5.41) is 10.9. The number of halogens is 1. The van der Waals surface area contributed by atoms with Crippen LogP contribution in [-0.2, 0) is 11.8 Å². The van der Waals surface area contributed by atoms with Gasteiger partial charge in [0.25, 0.3) is 0 Å². The molecule has 1 fully saturated rings. The normalized spacial score (nSPS) is 21.4. The fraction of sp³-hybridized carbons (Fsp3) is 0.333. The highest BCUT2D eigenvalue weighted by Crippen LogP contribution is 2.30. The van der Waals surface area contributed by atoms with Crippen LogP contribution in [0.1, 0.15) is 11.5 Å². The van der Waals surface area contributed by atoms with Crippen LogP contribution in [0.5, 0.6) is 0 Å². The van der Waals surface area contributed by atoms with E-state index in [4.69, 9.17) is 11.6 Å². The molecule has 1 amide bonds. The molecule has 21 heavy (non-hydrogen) atoms. The third-order valence-electron chi connectivity index (χ3n) is 3.84. The summed E-state index contributed by atoms with van der Waals surface area (Å²) < 4.78 is 1.76. The average molecular weight is 305 g/mol. The molecule has 1 aromatic carbocycles. The maximum Gasteiger partial charge on any atom is 0.229 e. The lowest BCUT2D eigenvalue weighted by Crippen LogP contribution is -2.28. The van der Waals surface area contributed by atoms with Gasteiger partial charge in [-0.25, -0.2) is 0 Å². The minimum Gasteiger partial charge on any atom is -0.324 e. The zero-order chi connectivity index (χ0) is 14.8. The quantitative estimate of drug-likeness (QED) is 0.912. The van der Waals surface area contributed by atoms with Crippen LogP contribution in [0, 0.1) is 5.92 Å². The zero-order valence-corrected chi connectivity index (χ0v) is 12.5. The van der Waals surface area contributed by atoms with E-state index in [2.05, 4.69) is 15.7 Å². The molecule has 1 aliphatic heterocycles. The molecule has 0 aliphatic carbocycles. The Labute approximate surface area is 128 Å². The van der Waals surface area contributed by atoms with E-state index < -0.39 is 0 Å². The monoisotopic (exact) mass is 304 g/mol. The molecule has 2 atom stereocenters. The summed E-state index contributed by atoms with van der Waals surface area (Å²) >= 11 is 6.09. The lowest BCUT2D eigenvalue weighted by Gasteiger charge is -2.17. The molecule has 0 unspecified atom stereocenters.